The molecule has 0 aliphatic heterocycles. The van der Waals surface area contributed by atoms with Gasteiger partial charge in [-0.25, -0.2) is 14.4 Å². The molecule has 0 radical (unpaired) electrons. The number of aliphatic hydroxyl groups excluding tert-OH is 1. The zero-order valence-corrected chi connectivity index (χ0v) is 10.7. The number of aliphatic hydroxyl groups is 1. The Balaban J connectivity index is 4.84. The smallest absolute Gasteiger partial charge is 0.336 e. The Bertz CT molecular complexity index is 395. The van der Waals surface area contributed by atoms with E-state index in [1.54, 1.807) is 0 Å². The number of hydrogen-bond acceptors (Lipinski definition) is 6. The number of carbonyl (C=O) groups excluding carboxylic acids is 2. The van der Waals surface area contributed by atoms with Gasteiger partial charge in [0.25, 0.3) is 0 Å². The van der Waals surface area contributed by atoms with Gasteiger partial charge in [-0.05, 0) is 6.42 Å². The first kappa shape index (κ1) is 17.0. The van der Waals surface area contributed by atoms with Gasteiger partial charge < -0.3 is 14.9 Å². The van der Waals surface area contributed by atoms with Gasteiger partial charge in [-0.15, -0.1) is 0 Å². The molecule has 0 fully saturated rings. The molecule has 0 aliphatic carbocycles. The monoisotopic (exact) mass is 271 g/mol. The van der Waals surface area contributed by atoms with Gasteiger partial charge in [-0.2, -0.15) is 4.99 Å². The normalized spacial score (nSPS) is 12.9. The highest BCUT2D eigenvalue weighted by Gasteiger charge is 2.40. The molecular formula is C12H17NO6. The van der Waals surface area contributed by atoms with Crippen molar-refractivity contribution < 1.29 is 29.3 Å². The molecule has 0 aromatic heterocycles. The number of carboxylic acid groups (broad SMARTS) is 1. The first-order valence-electron chi connectivity index (χ1n) is 5.71. The Hall–Kier alpha value is -1.98. The molecule has 0 saturated carbocycles. The lowest BCUT2D eigenvalue weighted by molar-refractivity contribution is -0.151. The Kier molecular flexibility index (Phi) is 7.33. The summed E-state index contributed by atoms with van der Waals surface area (Å²) in [6.07, 6.45) is 1.89. The zero-order chi connectivity index (χ0) is 14.9. The minimum absolute atomic E-state index is 0.209. The van der Waals surface area contributed by atoms with Crippen molar-refractivity contribution in [2.75, 3.05) is 13.2 Å². The van der Waals surface area contributed by atoms with Gasteiger partial charge in [0, 0.05) is 18.6 Å². The van der Waals surface area contributed by atoms with Gasteiger partial charge in [0.15, 0.2) is 0 Å². The Labute approximate surface area is 110 Å². The Morgan fingerprint density at radius 1 is 1.47 bits per heavy atom. The Morgan fingerprint density at radius 3 is 2.53 bits per heavy atom. The van der Waals surface area contributed by atoms with Gasteiger partial charge in [0.2, 0.25) is 11.6 Å². The average molecular weight is 271 g/mol. The lowest BCUT2D eigenvalue weighted by atomic mass is 9.98. The van der Waals surface area contributed by atoms with E-state index < -0.39 is 30.7 Å². The standard InChI is InChI=1S/C12H17NO6/c1-3-4-9(2)10(16)19-7-12(5-6-14,11(17)18)13-8-15/h14H,2-7H2,1H3,(H,17,18). The number of esters is 1. The highest BCUT2D eigenvalue weighted by Crippen LogP contribution is 2.18. The van der Waals surface area contributed by atoms with Gasteiger partial charge in [-0.3, -0.25) is 0 Å². The van der Waals surface area contributed by atoms with Gasteiger partial charge in [0.05, 0.1) is 0 Å². The topological polar surface area (TPSA) is 113 Å². The first-order chi connectivity index (χ1) is 8.93. The molecule has 2 N–H and O–H groups in total. The molecule has 19 heavy (non-hydrogen) atoms. The molecule has 106 valence electrons. The number of rotatable bonds is 9. The van der Waals surface area contributed by atoms with Crippen LogP contribution in [0.15, 0.2) is 17.1 Å². The highest BCUT2D eigenvalue weighted by atomic mass is 16.5. The number of hydrogen-bond donors (Lipinski definition) is 2. The Morgan fingerprint density at radius 2 is 2.11 bits per heavy atom. The molecule has 0 bridgehead atoms. The predicted octanol–water partition coefficient (Wildman–Crippen LogP) is 0.427. The number of carboxylic acids is 1. The highest BCUT2D eigenvalue weighted by molar-refractivity contribution is 5.88. The fourth-order valence-corrected chi connectivity index (χ4v) is 1.34. The van der Waals surface area contributed by atoms with Crippen molar-refractivity contribution in [3.8, 4) is 0 Å². The summed E-state index contributed by atoms with van der Waals surface area (Å²) in [6.45, 7) is 4.18. The van der Waals surface area contributed by atoms with E-state index in [-0.39, 0.29) is 12.0 Å². The fraction of sp³-hybridized carbons (Fsp3) is 0.583. The van der Waals surface area contributed by atoms with Gasteiger partial charge in [-0.1, -0.05) is 19.9 Å². The van der Waals surface area contributed by atoms with E-state index >= 15 is 0 Å². The summed E-state index contributed by atoms with van der Waals surface area (Å²) >= 11 is 0. The molecule has 0 saturated heterocycles. The van der Waals surface area contributed by atoms with Crippen molar-refractivity contribution in [1.82, 2.24) is 0 Å². The quantitative estimate of drug-likeness (QED) is 0.272. The minimum Gasteiger partial charge on any atom is -0.479 e. The molecule has 0 aromatic carbocycles. The largest absolute Gasteiger partial charge is 0.479 e. The number of aliphatic carboxylic acids is 1. The fourth-order valence-electron chi connectivity index (χ4n) is 1.34. The number of ether oxygens (including phenoxy) is 1. The summed E-state index contributed by atoms with van der Waals surface area (Å²) in [6, 6.07) is 0. The van der Waals surface area contributed by atoms with Crippen molar-refractivity contribution in [2.24, 2.45) is 4.99 Å². The van der Waals surface area contributed by atoms with E-state index in [1.165, 1.54) is 0 Å². The summed E-state index contributed by atoms with van der Waals surface area (Å²) in [7, 11) is 0. The minimum atomic E-state index is -2.00. The average Bonchev–Trinajstić information content (AvgIpc) is 2.36. The van der Waals surface area contributed by atoms with Crippen LogP contribution < -0.4 is 0 Å². The third kappa shape index (κ3) is 5.03. The van der Waals surface area contributed by atoms with Crippen LogP contribution in [0.25, 0.3) is 0 Å². The van der Waals surface area contributed by atoms with Crippen LogP contribution >= 0.6 is 0 Å². The van der Waals surface area contributed by atoms with Crippen LogP contribution in [-0.4, -0.2) is 47.0 Å². The van der Waals surface area contributed by atoms with E-state index in [0.717, 1.165) is 6.08 Å². The number of carbonyl (C=O) groups is 2. The summed E-state index contributed by atoms with van der Waals surface area (Å²) in [4.78, 5) is 36.0. The van der Waals surface area contributed by atoms with Crippen molar-refractivity contribution in [2.45, 2.75) is 31.7 Å². The molecule has 7 nitrogen and oxygen atoms in total. The van der Waals surface area contributed by atoms with E-state index in [0.29, 0.717) is 12.8 Å². The van der Waals surface area contributed by atoms with Crippen molar-refractivity contribution >= 4 is 18.0 Å². The summed E-state index contributed by atoms with van der Waals surface area (Å²) in [5.74, 6) is -2.22. The van der Waals surface area contributed by atoms with E-state index in [1.807, 2.05) is 6.92 Å². The molecule has 0 aliphatic rings. The van der Waals surface area contributed by atoms with Crippen LogP contribution in [0, 0.1) is 0 Å². The summed E-state index contributed by atoms with van der Waals surface area (Å²) in [5, 5.41) is 17.9. The third-order valence-corrected chi connectivity index (χ3v) is 2.47. The first-order valence-corrected chi connectivity index (χ1v) is 5.71. The zero-order valence-electron chi connectivity index (χ0n) is 10.7. The molecule has 0 amide bonds. The van der Waals surface area contributed by atoms with Crippen LogP contribution in [0.3, 0.4) is 0 Å². The SMILES string of the molecule is C=C(CCC)C(=O)OCC(CCO)(N=C=O)C(=O)O. The van der Waals surface area contributed by atoms with E-state index in [4.69, 9.17) is 14.9 Å². The van der Waals surface area contributed by atoms with Crippen LogP contribution in [0.2, 0.25) is 0 Å². The predicted molar refractivity (Wildman–Crippen MR) is 65.2 cm³/mol. The molecule has 0 heterocycles. The van der Waals surface area contributed by atoms with E-state index in [9.17, 15) is 14.4 Å². The summed E-state index contributed by atoms with van der Waals surface area (Å²) < 4.78 is 4.79. The van der Waals surface area contributed by atoms with Crippen LogP contribution in [0.1, 0.15) is 26.2 Å². The number of aliphatic imine (C=N–C) groups is 1. The molecule has 0 aromatic rings. The second-order valence-electron chi connectivity index (χ2n) is 3.94. The molecular weight excluding hydrogens is 254 g/mol. The van der Waals surface area contributed by atoms with Crippen molar-refractivity contribution in [3.05, 3.63) is 12.2 Å². The molecule has 7 heteroatoms. The van der Waals surface area contributed by atoms with Gasteiger partial charge in [0.1, 0.15) is 6.61 Å². The summed E-state index contributed by atoms with van der Waals surface area (Å²) in [5.41, 5.74) is -1.79. The second kappa shape index (κ2) is 8.18. The van der Waals surface area contributed by atoms with Crippen LogP contribution in [0.4, 0.5) is 0 Å². The molecule has 0 rings (SSSR count). The maximum Gasteiger partial charge on any atom is 0.336 e. The van der Waals surface area contributed by atoms with Crippen LogP contribution in [-0.2, 0) is 19.1 Å². The number of nitrogens with zero attached hydrogens (tertiary/aromatic N) is 1. The lowest BCUT2D eigenvalue weighted by Crippen LogP contribution is -2.43. The molecule has 1 unspecified atom stereocenters. The second-order valence-corrected chi connectivity index (χ2v) is 3.94. The lowest BCUT2D eigenvalue weighted by Gasteiger charge is -2.22. The van der Waals surface area contributed by atoms with Crippen molar-refractivity contribution in [1.29, 1.82) is 0 Å². The van der Waals surface area contributed by atoms with Crippen LogP contribution in [0.5, 0.6) is 0 Å². The maximum atomic E-state index is 11.5. The molecule has 1 atom stereocenters. The third-order valence-electron chi connectivity index (χ3n) is 2.47. The van der Waals surface area contributed by atoms with E-state index in [2.05, 4.69) is 11.6 Å². The molecule has 0 spiro atoms. The van der Waals surface area contributed by atoms with Gasteiger partial charge >= 0.3 is 11.9 Å². The van der Waals surface area contributed by atoms with Crippen molar-refractivity contribution in [3.63, 3.8) is 0 Å². The maximum absolute atomic E-state index is 11.5. The number of isocyanates is 1.